The first kappa shape index (κ1) is 15.3. The van der Waals surface area contributed by atoms with Crippen molar-refractivity contribution < 1.29 is 19.0 Å². The molecule has 0 saturated carbocycles. The zero-order chi connectivity index (χ0) is 12.1. The summed E-state index contributed by atoms with van der Waals surface area (Å²) in [4.78, 5) is 10.9. The maximum absolute atomic E-state index is 10.9. The molecule has 0 heterocycles. The van der Waals surface area contributed by atoms with Crippen molar-refractivity contribution in [1.29, 1.82) is 0 Å². The molecule has 0 aliphatic heterocycles. The number of ether oxygens (including phenoxy) is 3. The lowest BCUT2D eigenvalue weighted by molar-refractivity contribution is -0.142. The summed E-state index contributed by atoms with van der Waals surface area (Å²) >= 11 is 0. The van der Waals surface area contributed by atoms with E-state index in [0.717, 1.165) is 0 Å². The Kier molecular flexibility index (Phi) is 11.8. The summed E-state index contributed by atoms with van der Waals surface area (Å²) in [6.07, 6.45) is 0. The van der Waals surface area contributed by atoms with E-state index in [0.29, 0.717) is 46.1 Å². The minimum absolute atomic E-state index is 0.223. The Morgan fingerprint density at radius 2 is 1.88 bits per heavy atom. The summed E-state index contributed by atoms with van der Waals surface area (Å²) in [7, 11) is 0. The second kappa shape index (κ2) is 12.4. The van der Waals surface area contributed by atoms with Gasteiger partial charge < -0.3 is 25.3 Å². The lowest BCUT2D eigenvalue weighted by atomic mass is 10.6. The van der Waals surface area contributed by atoms with E-state index in [1.807, 2.05) is 0 Å². The van der Waals surface area contributed by atoms with Gasteiger partial charge in [-0.1, -0.05) is 0 Å². The molecule has 0 unspecified atom stereocenters. The van der Waals surface area contributed by atoms with E-state index in [1.54, 1.807) is 6.92 Å². The monoisotopic (exact) mass is 234 g/mol. The van der Waals surface area contributed by atoms with E-state index in [2.05, 4.69) is 5.32 Å². The molecule has 0 fully saturated rings. The first-order valence-electron chi connectivity index (χ1n) is 5.53. The first-order chi connectivity index (χ1) is 7.81. The van der Waals surface area contributed by atoms with Crippen LogP contribution in [0.1, 0.15) is 6.92 Å². The lowest BCUT2D eigenvalue weighted by Crippen LogP contribution is -2.28. The van der Waals surface area contributed by atoms with E-state index < -0.39 is 0 Å². The number of nitrogens with two attached hydrogens (primary N) is 1. The number of esters is 1. The SMILES string of the molecule is CCOC(=O)CNCCOCCOCCN. The molecule has 3 N–H and O–H groups in total. The minimum atomic E-state index is -0.242. The largest absolute Gasteiger partial charge is 0.465 e. The van der Waals surface area contributed by atoms with Gasteiger partial charge in [0.15, 0.2) is 0 Å². The van der Waals surface area contributed by atoms with Crippen LogP contribution in [0.3, 0.4) is 0 Å². The molecule has 0 aromatic rings. The van der Waals surface area contributed by atoms with Gasteiger partial charge in [0.2, 0.25) is 0 Å². The van der Waals surface area contributed by atoms with E-state index in [-0.39, 0.29) is 12.5 Å². The Labute approximate surface area is 96.4 Å². The van der Waals surface area contributed by atoms with E-state index in [4.69, 9.17) is 19.9 Å². The van der Waals surface area contributed by atoms with Gasteiger partial charge >= 0.3 is 5.97 Å². The van der Waals surface area contributed by atoms with Crippen LogP contribution in [-0.4, -0.2) is 58.6 Å². The second-order valence-corrected chi connectivity index (χ2v) is 3.00. The van der Waals surface area contributed by atoms with Crippen molar-refractivity contribution in [3.63, 3.8) is 0 Å². The van der Waals surface area contributed by atoms with Gasteiger partial charge in [-0.3, -0.25) is 4.79 Å². The molecule has 0 atom stereocenters. The molecule has 6 heteroatoms. The fourth-order valence-corrected chi connectivity index (χ4v) is 0.952. The molecule has 0 spiro atoms. The first-order valence-corrected chi connectivity index (χ1v) is 5.53. The van der Waals surface area contributed by atoms with Gasteiger partial charge in [-0.15, -0.1) is 0 Å². The van der Waals surface area contributed by atoms with Gasteiger partial charge in [0, 0.05) is 13.1 Å². The zero-order valence-electron chi connectivity index (χ0n) is 9.87. The molecule has 96 valence electrons. The van der Waals surface area contributed by atoms with Gasteiger partial charge in [0.1, 0.15) is 0 Å². The molecule has 0 aromatic carbocycles. The lowest BCUT2D eigenvalue weighted by Gasteiger charge is -2.06. The van der Waals surface area contributed by atoms with Crippen molar-refractivity contribution >= 4 is 5.97 Å². The highest BCUT2D eigenvalue weighted by Crippen LogP contribution is 1.78. The van der Waals surface area contributed by atoms with Crippen LogP contribution >= 0.6 is 0 Å². The number of hydrogen-bond donors (Lipinski definition) is 2. The maximum Gasteiger partial charge on any atom is 0.319 e. The third kappa shape index (κ3) is 11.4. The van der Waals surface area contributed by atoms with Crippen LogP contribution in [-0.2, 0) is 19.0 Å². The highest BCUT2D eigenvalue weighted by atomic mass is 16.5. The number of carbonyl (C=O) groups is 1. The molecule has 0 bridgehead atoms. The van der Waals surface area contributed by atoms with Crippen molar-refractivity contribution in [2.24, 2.45) is 5.73 Å². The van der Waals surface area contributed by atoms with Gasteiger partial charge in [-0.25, -0.2) is 0 Å². The van der Waals surface area contributed by atoms with Crippen molar-refractivity contribution in [1.82, 2.24) is 5.32 Å². The highest BCUT2D eigenvalue weighted by molar-refractivity contribution is 5.71. The molecule has 0 amide bonds. The number of nitrogens with one attached hydrogen (secondary N) is 1. The summed E-state index contributed by atoms with van der Waals surface area (Å²) in [6.45, 7) is 5.77. The van der Waals surface area contributed by atoms with Crippen LogP contribution in [0.4, 0.5) is 0 Å². The standard InChI is InChI=1S/C10H22N2O4/c1-2-16-10(13)9-12-4-6-15-8-7-14-5-3-11/h12H,2-9,11H2,1H3. The minimum Gasteiger partial charge on any atom is -0.465 e. The quantitative estimate of drug-likeness (QED) is 0.357. The Balaban J connectivity index is 3.01. The number of carbonyl (C=O) groups excluding carboxylic acids is 1. The highest BCUT2D eigenvalue weighted by Gasteiger charge is 1.98. The van der Waals surface area contributed by atoms with Crippen LogP contribution in [0.5, 0.6) is 0 Å². The van der Waals surface area contributed by atoms with Crippen LogP contribution in [0.2, 0.25) is 0 Å². The van der Waals surface area contributed by atoms with Crippen molar-refractivity contribution in [3.05, 3.63) is 0 Å². The summed E-state index contributed by atoms with van der Waals surface area (Å²) in [5.41, 5.74) is 5.24. The molecule has 0 aliphatic carbocycles. The summed E-state index contributed by atoms with van der Waals surface area (Å²) in [6, 6.07) is 0. The topological polar surface area (TPSA) is 82.8 Å². The molecule has 0 aliphatic rings. The summed E-state index contributed by atoms with van der Waals surface area (Å²) in [5, 5.41) is 2.91. The number of hydrogen-bond acceptors (Lipinski definition) is 6. The predicted octanol–water partition coefficient (Wildman–Crippen LogP) is -0.869. The van der Waals surface area contributed by atoms with E-state index >= 15 is 0 Å². The van der Waals surface area contributed by atoms with Crippen molar-refractivity contribution in [2.45, 2.75) is 6.92 Å². The van der Waals surface area contributed by atoms with E-state index in [1.165, 1.54) is 0 Å². The predicted molar refractivity (Wildman–Crippen MR) is 60.2 cm³/mol. The van der Waals surface area contributed by atoms with Crippen molar-refractivity contribution in [2.75, 3.05) is 52.7 Å². The van der Waals surface area contributed by atoms with Gasteiger partial charge in [0.05, 0.1) is 39.6 Å². The fourth-order valence-electron chi connectivity index (χ4n) is 0.952. The molecule has 0 aromatic heterocycles. The molecule has 0 radical (unpaired) electrons. The average molecular weight is 234 g/mol. The van der Waals surface area contributed by atoms with Gasteiger partial charge in [-0.05, 0) is 6.92 Å². The molecule has 0 rings (SSSR count). The normalized spacial score (nSPS) is 10.4. The van der Waals surface area contributed by atoms with Crippen LogP contribution < -0.4 is 11.1 Å². The van der Waals surface area contributed by atoms with Crippen LogP contribution in [0.15, 0.2) is 0 Å². The van der Waals surface area contributed by atoms with E-state index in [9.17, 15) is 4.79 Å². The smallest absolute Gasteiger partial charge is 0.319 e. The van der Waals surface area contributed by atoms with Crippen LogP contribution in [0, 0.1) is 0 Å². The fraction of sp³-hybridized carbons (Fsp3) is 0.900. The Hall–Kier alpha value is -0.690. The second-order valence-electron chi connectivity index (χ2n) is 3.00. The molecule has 16 heavy (non-hydrogen) atoms. The summed E-state index contributed by atoms with van der Waals surface area (Å²) in [5.74, 6) is -0.242. The molecule has 0 saturated heterocycles. The Morgan fingerprint density at radius 1 is 1.19 bits per heavy atom. The molecular formula is C10H22N2O4. The van der Waals surface area contributed by atoms with Crippen molar-refractivity contribution in [3.8, 4) is 0 Å². The molecular weight excluding hydrogens is 212 g/mol. The number of rotatable bonds is 11. The molecule has 6 nitrogen and oxygen atoms in total. The Morgan fingerprint density at radius 3 is 2.50 bits per heavy atom. The van der Waals surface area contributed by atoms with Gasteiger partial charge in [-0.2, -0.15) is 0 Å². The average Bonchev–Trinajstić information content (AvgIpc) is 2.27. The maximum atomic E-state index is 10.9. The third-order valence-electron chi connectivity index (χ3n) is 1.63. The van der Waals surface area contributed by atoms with Crippen LogP contribution in [0.25, 0.3) is 0 Å². The van der Waals surface area contributed by atoms with Gasteiger partial charge in [0.25, 0.3) is 0 Å². The Bertz CT molecular complexity index is 167. The summed E-state index contributed by atoms with van der Waals surface area (Å²) < 4.78 is 15.1. The zero-order valence-corrected chi connectivity index (χ0v) is 9.87. The third-order valence-corrected chi connectivity index (χ3v) is 1.63.